The topological polar surface area (TPSA) is 67.8 Å². The molecule has 0 radical (unpaired) electrons. The lowest BCUT2D eigenvalue weighted by Gasteiger charge is -2.49. The number of aromatic nitrogens is 2. The van der Waals surface area contributed by atoms with Gasteiger partial charge in [0.25, 0.3) is 0 Å². The third-order valence-corrected chi connectivity index (χ3v) is 8.51. The molecule has 2 aromatic carbocycles. The van der Waals surface area contributed by atoms with E-state index in [4.69, 9.17) is 4.98 Å². The molecule has 2 aliphatic heterocycles. The number of nitrogens with zero attached hydrogens (tertiary/aromatic N) is 5. The smallest absolute Gasteiger partial charge is 0.229 e. The van der Waals surface area contributed by atoms with Crippen molar-refractivity contribution in [1.29, 1.82) is 0 Å². The molecular weight excluding hydrogens is 460 g/mol. The standard InChI is InChI=1S/C30H38N6O/c1-20-6-4-7-21(2)27(20)35-19-24-18-31-29(33-28(24)36(30(35)37)26-8-5-9-26)32-25-12-10-22(11-13-25)23-14-16-34(3)17-15-23/h4,6-7,10-13,18,23,26,30,37H,5,8-9,14-17,19H2,1-3H3,(H,31,32,33). The summed E-state index contributed by atoms with van der Waals surface area (Å²) >= 11 is 0. The van der Waals surface area contributed by atoms with Gasteiger partial charge in [0.1, 0.15) is 5.82 Å². The van der Waals surface area contributed by atoms with Crippen molar-refractivity contribution in [2.24, 2.45) is 0 Å². The van der Waals surface area contributed by atoms with Crippen LogP contribution in [0.4, 0.5) is 23.1 Å². The van der Waals surface area contributed by atoms with Crippen molar-refractivity contribution in [2.75, 3.05) is 35.3 Å². The van der Waals surface area contributed by atoms with Gasteiger partial charge >= 0.3 is 0 Å². The molecule has 7 heteroatoms. The van der Waals surface area contributed by atoms with Crippen LogP contribution in [-0.2, 0) is 6.54 Å². The molecule has 2 fully saturated rings. The fourth-order valence-electron chi connectivity index (χ4n) is 6.11. The van der Waals surface area contributed by atoms with Gasteiger partial charge in [0.15, 0.2) is 0 Å². The Morgan fingerprint density at radius 2 is 1.65 bits per heavy atom. The number of aryl methyl sites for hydroxylation is 2. The van der Waals surface area contributed by atoms with Crippen LogP contribution in [0, 0.1) is 13.8 Å². The third-order valence-electron chi connectivity index (χ3n) is 8.51. The first-order valence-corrected chi connectivity index (χ1v) is 13.7. The number of para-hydroxylation sites is 1. The van der Waals surface area contributed by atoms with E-state index < -0.39 is 6.35 Å². The number of piperidine rings is 1. The van der Waals surface area contributed by atoms with Crippen LogP contribution in [0.15, 0.2) is 48.7 Å². The Kier molecular flexibility index (Phi) is 6.51. The first kappa shape index (κ1) is 24.2. The van der Waals surface area contributed by atoms with Gasteiger partial charge in [-0.2, -0.15) is 4.98 Å². The van der Waals surface area contributed by atoms with Crippen LogP contribution in [0.25, 0.3) is 0 Å². The Labute approximate surface area is 220 Å². The van der Waals surface area contributed by atoms with E-state index in [0.717, 1.165) is 48.7 Å². The van der Waals surface area contributed by atoms with Crippen molar-refractivity contribution < 1.29 is 5.11 Å². The molecule has 0 spiro atoms. The van der Waals surface area contributed by atoms with E-state index in [-0.39, 0.29) is 6.04 Å². The molecule has 37 heavy (non-hydrogen) atoms. The zero-order valence-corrected chi connectivity index (χ0v) is 22.2. The maximum atomic E-state index is 11.6. The van der Waals surface area contributed by atoms with Gasteiger partial charge in [0.05, 0.1) is 6.54 Å². The number of anilines is 4. The maximum Gasteiger partial charge on any atom is 0.229 e. The van der Waals surface area contributed by atoms with E-state index in [9.17, 15) is 5.11 Å². The van der Waals surface area contributed by atoms with Crippen molar-refractivity contribution in [3.05, 3.63) is 70.9 Å². The summed E-state index contributed by atoms with van der Waals surface area (Å²) in [5.41, 5.74) is 6.87. The van der Waals surface area contributed by atoms with Gasteiger partial charge < -0.3 is 25.1 Å². The summed E-state index contributed by atoms with van der Waals surface area (Å²) in [4.78, 5) is 16.3. The first-order chi connectivity index (χ1) is 18.0. The van der Waals surface area contributed by atoms with E-state index >= 15 is 0 Å². The van der Waals surface area contributed by atoms with Crippen LogP contribution < -0.4 is 15.1 Å². The van der Waals surface area contributed by atoms with Crippen molar-refractivity contribution >= 4 is 23.1 Å². The minimum atomic E-state index is -0.755. The Morgan fingerprint density at radius 1 is 0.946 bits per heavy atom. The highest BCUT2D eigenvalue weighted by Gasteiger charge is 2.40. The number of aliphatic hydroxyl groups excluding tert-OH is 1. The van der Waals surface area contributed by atoms with Gasteiger partial charge in [0, 0.05) is 29.2 Å². The van der Waals surface area contributed by atoms with E-state index in [0.29, 0.717) is 18.4 Å². The number of benzene rings is 2. The number of rotatable bonds is 5. The largest absolute Gasteiger partial charge is 0.356 e. The minimum Gasteiger partial charge on any atom is -0.356 e. The van der Waals surface area contributed by atoms with E-state index in [2.05, 4.69) is 88.4 Å². The zero-order chi connectivity index (χ0) is 25.5. The monoisotopic (exact) mass is 498 g/mol. The van der Waals surface area contributed by atoms with Crippen LogP contribution in [0.1, 0.15) is 60.3 Å². The lowest BCUT2D eigenvalue weighted by Crippen LogP contribution is -2.58. The van der Waals surface area contributed by atoms with E-state index in [1.54, 1.807) is 0 Å². The van der Waals surface area contributed by atoms with Gasteiger partial charge in [-0.05, 0) is 101 Å². The van der Waals surface area contributed by atoms with Gasteiger partial charge in [-0.25, -0.2) is 4.98 Å². The fourth-order valence-corrected chi connectivity index (χ4v) is 6.11. The highest BCUT2D eigenvalue weighted by atomic mass is 16.3. The molecule has 6 rings (SSSR count). The highest BCUT2D eigenvalue weighted by Crippen LogP contribution is 2.40. The Balaban J connectivity index is 1.25. The van der Waals surface area contributed by atoms with Crippen molar-refractivity contribution in [3.63, 3.8) is 0 Å². The molecule has 1 aromatic heterocycles. The average molecular weight is 499 g/mol. The molecule has 1 atom stereocenters. The molecule has 2 N–H and O–H groups in total. The zero-order valence-electron chi connectivity index (χ0n) is 22.2. The summed E-state index contributed by atoms with van der Waals surface area (Å²) in [5.74, 6) is 2.06. The molecule has 194 valence electrons. The SMILES string of the molecule is Cc1cccc(C)c1N1Cc2cnc(Nc3ccc(C4CCN(C)CC4)cc3)nc2N(C2CCC2)C1O. The third kappa shape index (κ3) is 4.66. The average Bonchev–Trinajstić information content (AvgIpc) is 2.86. The predicted molar refractivity (Wildman–Crippen MR) is 149 cm³/mol. The molecule has 7 nitrogen and oxygen atoms in total. The normalized spacial score (nSPS) is 21.0. The van der Waals surface area contributed by atoms with Gasteiger partial charge in [-0.1, -0.05) is 30.3 Å². The molecule has 3 aliphatic rings. The highest BCUT2D eigenvalue weighted by molar-refractivity contribution is 5.66. The molecule has 1 saturated heterocycles. The number of nitrogens with one attached hydrogen (secondary N) is 1. The second-order valence-corrected chi connectivity index (χ2v) is 11.1. The van der Waals surface area contributed by atoms with E-state index in [1.165, 1.54) is 36.0 Å². The Hall–Kier alpha value is -3.16. The molecule has 3 aromatic rings. The van der Waals surface area contributed by atoms with Crippen LogP contribution in [0.2, 0.25) is 0 Å². The second kappa shape index (κ2) is 9.95. The lowest BCUT2D eigenvalue weighted by molar-refractivity contribution is 0.129. The molecule has 0 amide bonds. The van der Waals surface area contributed by atoms with Gasteiger partial charge in [0.2, 0.25) is 12.3 Å². The molecule has 1 aliphatic carbocycles. The summed E-state index contributed by atoms with van der Waals surface area (Å²) in [7, 11) is 2.20. The summed E-state index contributed by atoms with van der Waals surface area (Å²) < 4.78 is 0. The van der Waals surface area contributed by atoms with Crippen molar-refractivity contribution in [1.82, 2.24) is 14.9 Å². The molecule has 0 bridgehead atoms. The summed E-state index contributed by atoms with van der Waals surface area (Å²) in [5, 5.41) is 15.0. The number of likely N-dealkylation sites (tertiary alicyclic amines) is 1. The van der Waals surface area contributed by atoms with Gasteiger partial charge in [-0.15, -0.1) is 0 Å². The lowest BCUT2D eigenvalue weighted by atomic mass is 9.89. The fraction of sp³-hybridized carbons (Fsp3) is 0.467. The number of aliphatic hydroxyl groups is 1. The van der Waals surface area contributed by atoms with Crippen LogP contribution in [0.3, 0.4) is 0 Å². The van der Waals surface area contributed by atoms with Gasteiger partial charge in [-0.3, -0.25) is 0 Å². The van der Waals surface area contributed by atoms with Crippen LogP contribution in [-0.4, -0.2) is 52.5 Å². The quantitative estimate of drug-likeness (QED) is 0.495. The molecular formula is C30H38N6O. The number of fused-ring (bicyclic) bond motifs is 1. The molecule has 3 heterocycles. The predicted octanol–water partition coefficient (Wildman–Crippen LogP) is 5.30. The molecule has 1 unspecified atom stereocenters. The summed E-state index contributed by atoms with van der Waals surface area (Å²) in [6, 6.07) is 15.3. The number of hydrogen-bond acceptors (Lipinski definition) is 7. The Bertz CT molecular complexity index is 1230. The van der Waals surface area contributed by atoms with E-state index in [1.807, 2.05) is 6.20 Å². The minimum absolute atomic E-state index is 0.289. The van der Waals surface area contributed by atoms with Crippen molar-refractivity contribution in [3.8, 4) is 0 Å². The Morgan fingerprint density at radius 3 is 2.30 bits per heavy atom. The van der Waals surface area contributed by atoms with Crippen LogP contribution in [0.5, 0.6) is 0 Å². The molecule has 1 saturated carbocycles. The summed E-state index contributed by atoms with van der Waals surface area (Å²) in [6.45, 7) is 7.13. The van der Waals surface area contributed by atoms with Crippen molar-refractivity contribution in [2.45, 2.75) is 70.8 Å². The maximum absolute atomic E-state index is 11.6. The van der Waals surface area contributed by atoms with Crippen LogP contribution >= 0.6 is 0 Å². The second-order valence-electron chi connectivity index (χ2n) is 11.1. The first-order valence-electron chi connectivity index (χ1n) is 13.7. The summed E-state index contributed by atoms with van der Waals surface area (Å²) in [6.07, 6.45) is 6.94. The number of hydrogen-bond donors (Lipinski definition) is 2.